The molecule has 1 heterocycles. The molecular weight excluding hydrogens is 478 g/mol. The van der Waals surface area contributed by atoms with Gasteiger partial charge in [-0.05, 0) is 50.2 Å². The summed E-state index contributed by atoms with van der Waals surface area (Å²) in [6.45, 7) is 10.9. The first-order chi connectivity index (χ1) is 15.3. The van der Waals surface area contributed by atoms with E-state index < -0.39 is 21.5 Å². The van der Waals surface area contributed by atoms with Crippen LogP contribution in [0.2, 0.25) is 0 Å². The predicted octanol–water partition coefficient (Wildman–Crippen LogP) is 4.74. The Labute approximate surface area is 207 Å². The van der Waals surface area contributed by atoms with Crippen molar-refractivity contribution in [2.75, 3.05) is 36.8 Å². The number of amides is 1. The number of halogens is 1. The van der Waals surface area contributed by atoms with E-state index in [-0.39, 0.29) is 17.3 Å². The number of rotatable bonds is 10. The van der Waals surface area contributed by atoms with Crippen molar-refractivity contribution in [1.29, 1.82) is 0 Å². The summed E-state index contributed by atoms with van der Waals surface area (Å²) in [5.41, 5.74) is 2.97. The van der Waals surface area contributed by atoms with Crippen LogP contribution in [0.25, 0.3) is 10.2 Å². The molecule has 0 saturated heterocycles. The number of aryl methyl sites for hydroxylation is 2. The minimum Gasteiger partial charge on any atom is -0.302 e. The van der Waals surface area contributed by atoms with Crippen LogP contribution in [-0.2, 0) is 21.1 Å². The van der Waals surface area contributed by atoms with Crippen molar-refractivity contribution in [2.45, 2.75) is 39.0 Å². The van der Waals surface area contributed by atoms with Gasteiger partial charge >= 0.3 is 0 Å². The lowest BCUT2D eigenvalue weighted by Gasteiger charge is -2.24. The molecule has 0 unspecified atom stereocenters. The molecule has 0 atom stereocenters. The zero-order valence-corrected chi connectivity index (χ0v) is 22.0. The molecule has 2 aromatic carbocycles. The van der Waals surface area contributed by atoms with E-state index in [1.54, 1.807) is 29.2 Å². The number of sulfone groups is 1. The maximum Gasteiger partial charge on any atom is 0.244 e. The van der Waals surface area contributed by atoms with Crippen LogP contribution in [0, 0.1) is 6.92 Å². The molecule has 0 radical (unpaired) electrons. The van der Waals surface area contributed by atoms with E-state index >= 15 is 0 Å². The summed E-state index contributed by atoms with van der Waals surface area (Å²) in [5, 5.41) is 0.553. The van der Waals surface area contributed by atoms with Crippen molar-refractivity contribution in [3.63, 3.8) is 0 Å². The average Bonchev–Trinajstić information content (AvgIpc) is 3.20. The van der Waals surface area contributed by atoms with Crippen LogP contribution < -0.4 is 4.90 Å². The lowest BCUT2D eigenvalue weighted by Crippen LogP contribution is -2.41. The van der Waals surface area contributed by atoms with E-state index in [0.29, 0.717) is 18.2 Å². The molecule has 0 bridgehead atoms. The molecule has 6 nitrogen and oxygen atoms in total. The Hall–Kier alpha value is -2.00. The molecular formula is C24H32ClN3O3S2. The average molecular weight is 510 g/mol. The number of carbonyl (C=O) groups is 1. The number of benzene rings is 2. The number of likely N-dealkylation sites (N-methyl/N-ethyl adjacent to an activating group) is 1. The minimum atomic E-state index is -3.75. The second-order valence-electron chi connectivity index (χ2n) is 7.76. The van der Waals surface area contributed by atoms with Crippen molar-refractivity contribution in [1.82, 2.24) is 9.88 Å². The topological polar surface area (TPSA) is 70.6 Å². The molecule has 0 N–H and O–H groups in total. The minimum absolute atomic E-state index is 0. The molecule has 180 valence electrons. The first kappa shape index (κ1) is 27.2. The third-order valence-corrected chi connectivity index (χ3v) is 8.29. The molecule has 0 aliphatic carbocycles. The van der Waals surface area contributed by atoms with Crippen LogP contribution in [0.3, 0.4) is 0 Å². The zero-order valence-electron chi connectivity index (χ0n) is 19.6. The monoisotopic (exact) mass is 509 g/mol. The number of carbonyl (C=O) groups excluding carboxylic acids is 1. The normalized spacial score (nSPS) is 11.5. The second kappa shape index (κ2) is 11.9. The highest BCUT2D eigenvalue weighted by molar-refractivity contribution is 7.92. The highest BCUT2D eigenvalue weighted by Gasteiger charge is 2.27. The lowest BCUT2D eigenvalue weighted by molar-refractivity contribution is -0.116. The summed E-state index contributed by atoms with van der Waals surface area (Å²) < 4.78 is 26.9. The summed E-state index contributed by atoms with van der Waals surface area (Å²) in [6.07, 6.45) is 0.843. The van der Waals surface area contributed by atoms with Crippen molar-refractivity contribution < 1.29 is 13.2 Å². The molecule has 3 rings (SSSR count). The molecule has 0 spiro atoms. The van der Waals surface area contributed by atoms with Gasteiger partial charge in [0.15, 0.2) is 15.0 Å². The Morgan fingerprint density at radius 3 is 2.27 bits per heavy atom. The fraction of sp³-hybridized carbons (Fsp3) is 0.417. The number of fused-ring (bicyclic) bond motifs is 1. The highest BCUT2D eigenvalue weighted by atomic mass is 35.5. The Balaban J connectivity index is 0.00000385. The fourth-order valence-electron chi connectivity index (χ4n) is 3.57. The largest absolute Gasteiger partial charge is 0.302 e. The van der Waals surface area contributed by atoms with E-state index in [2.05, 4.69) is 25.7 Å². The van der Waals surface area contributed by atoms with Crippen molar-refractivity contribution >= 4 is 54.8 Å². The molecule has 0 fully saturated rings. The number of thiazole rings is 1. The fourth-order valence-corrected chi connectivity index (χ4v) is 5.83. The number of nitrogens with zero attached hydrogens (tertiary/aromatic N) is 3. The lowest BCUT2D eigenvalue weighted by atomic mass is 10.1. The molecule has 0 aliphatic heterocycles. The maximum absolute atomic E-state index is 13.3. The van der Waals surface area contributed by atoms with Crippen molar-refractivity contribution in [3.8, 4) is 0 Å². The van der Waals surface area contributed by atoms with Gasteiger partial charge in [-0.2, -0.15) is 0 Å². The van der Waals surface area contributed by atoms with Gasteiger partial charge in [-0.15, -0.1) is 12.4 Å². The third kappa shape index (κ3) is 6.53. The Kier molecular flexibility index (Phi) is 9.84. The molecule has 0 saturated carbocycles. The van der Waals surface area contributed by atoms with Gasteiger partial charge in [0.1, 0.15) is 5.75 Å². The Morgan fingerprint density at radius 1 is 1.00 bits per heavy atom. The van der Waals surface area contributed by atoms with Crippen LogP contribution >= 0.6 is 23.7 Å². The van der Waals surface area contributed by atoms with E-state index in [1.165, 1.54) is 11.3 Å². The summed E-state index contributed by atoms with van der Waals surface area (Å²) in [4.78, 5) is 22.0. The summed E-state index contributed by atoms with van der Waals surface area (Å²) >= 11 is 1.43. The zero-order chi connectivity index (χ0) is 23.3. The van der Waals surface area contributed by atoms with Gasteiger partial charge in [-0.25, -0.2) is 13.4 Å². The summed E-state index contributed by atoms with van der Waals surface area (Å²) in [7, 11) is -3.75. The van der Waals surface area contributed by atoms with Gasteiger partial charge in [-0.3, -0.25) is 9.69 Å². The van der Waals surface area contributed by atoms with Gasteiger partial charge in [0.25, 0.3) is 0 Å². The van der Waals surface area contributed by atoms with Crippen LogP contribution in [0.15, 0.2) is 47.4 Å². The Morgan fingerprint density at radius 2 is 1.67 bits per heavy atom. The number of anilines is 1. The SMILES string of the molecule is CCc1cccc2sc(N(CCN(CC)CC)C(=O)CS(=O)(=O)c3ccc(C)cc3)nc12.Cl. The molecule has 1 aromatic heterocycles. The number of aromatic nitrogens is 1. The molecule has 33 heavy (non-hydrogen) atoms. The van der Waals surface area contributed by atoms with Crippen LogP contribution in [0.1, 0.15) is 31.9 Å². The van der Waals surface area contributed by atoms with Gasteiger partial charge in [0, 0.05) is 13.1 Å². The first-order valence-corrected chi connectivity index (χ1v) is 13.5. The molecule has 3 aromatic rings. The van der Waals surface area contributed by atoms with Gasteiger partial charge in [0.05, 0.1) is 15.1 Å². The summed E-state index contributed by atoms with van der Waals surface area (Å²) in [5.74, 6) is -1.03. The number of hydrogen-bond acceptors (Lipinski definition) is 6. The summed E-state index contributed by atoms with van der Waals surface area (Å²) in [6, 6.07) is 12.6. The first-order valence-electron chi connectivity index (χ1n) is 11.0. The van der Waals surface area contributed by atoms with Crippen LogP contribution in [0.4, 0.5) is 5.13 Å². The van der Waals surface area contributed by atoms with Crippen LogP contribution in [-0.4, -0.2) is 56.1 Å². The van der Waals surface area contributed by atoms with E-state index in [9.17, 15) is 13.2 Å². The third-order valence-electron chi connectivity index (χ3n) is 5.63. The molecule has 1 amide bonds. The molecule has 9 heteroatoms. The van der Waals surface area contributed by atoms with Crippen molar-refractivity contribution in [3.05, 3.63) is 53.6 Å². The number of hydrogen-bond donors (Lipinski definition) is 0. The number of para-hydroxylation sites is 1. The van der Waals surface area contributed by atoms with Gasteiger partial charge in [0.2, 0.25) is 5.91 Å². The predicted molar refractivity (Wildman–Crippen MR) is 140 cm³/mol. The van der Waals surface area contributed by atoms with Gasteiger partial charge < -0.3 is 4.90 Å². The van der Waals surface area contributed by atoms with Gasteiger partial charge in [-0.1, -0.05) is 61.9 Å². The van der Waals surface area contributed by atoms with Crippen LogP contribution in [0.5, 0.6) is 0 Å². The maximum atomic E-state index is 13.3. The Bertz CT molecular complexity index is 1170. The van der Waals surface area contributed by atoms with E-state index in [4.69, 9.17) is 4.98 Å². The highest BCUT2D eigenvalue weighted by Crippen LogP contribution is 2.31. The smallest absolute Gasteiger partial charge is 0.244 e. The second-order valence-corrected chi connectivity index (χ2v) is 10.8. The quantitative estimate of drug-likeness (QED) is 0.395. The standard InChI is InChI=1S/C24H31N3O3S2.ClH/c1-5-19-9-8-10-21-23(19)25-24(31-21)27(16-15-26(6-2)7-3)22(28)17-32(29,30)20-13-11-18(4)12-14-20;/h8-14H,5-7,15-17H2,1-4H3;1H. The van der Waals surface area contributed by atoms with E-state index in [0.717, 1.165) is 40.9 Å². The van der Waals surface area contributed by atoms with E-state index in [1.807, 2.05) is 25.1 Å². The van der Waals surface area contributed by atoms with Crippen molar-refractivity contribution in [2.24, 2.45) is 0 Å². The molecule has 0 aliphatic rings.